The van der Waals surface area contributed by atoms with Crippen molar-refractivity contribution in [2.45, 2.75) is 46.1 Å². The monoisotopic (exact) mass is 391 g/mol. The quantitative estimate of drug-likeness (QED) is 0.591. The van der Waals surface area contributed by atoms with Gasteiger partial charge in [-0.25, -0.2) is 4.39 Å². The first-order chi connectivity index (χ1) is 9.38. The van der Waals surface area contributed by atoms with E-state index in [0.29, 0.717) is 32.8 Å². The number of nitrogens with two attached hydrogens (primary N) is 1. The van der Waals surface area contributed by atoms with Crippen molar-refractivity contribution >= 4 is 28.3 Å². The number of ether oxygens (including phenoxy) is 1. The Kier molecular flexibility index (Phi) is 5.15. The lowest BCUT2D eigenvalue weighted by molar-refractivity contribution is 0.0463. The number of benzene rings is 1. The van der Waals surface area contributed by atoms with Gasteiger partial charge in [0.2, 0.25) is 0 Å². The van der Waals surface area contributed by atoms with Gasteiger partial charge in [0, 0.05) is 6.07 Å². The molecule has 0 aromatic heterocycles. The van der Waals surface area contributed by atoms with Gasteiger partial charge in [-0.1, -0.05) is 27.2 Å². The van der Waals surface area contributed by atoms with E-state index in [1.807, 2.05) is 22.6 Å². The molecule has 1 aliphatic carbocycles. The summed E-state index contributed by atoms with van der Waals surface area (Å²) in [6.45, 7) is 6.72. The lowest BCUT2D eigenvalue weighted by atomic mass is 9.75. The molecule has 0 radical (unpaired) electrons. The maximum atomic E-state index is 13.7. The van der Waals surface area contributed by atoms with E-state index < -0.39 is 0 Å². The molecular formula is C16H23FINO. The van der Waals surface area contributed by atoms with Crippen LogP contribution in [0.4, 0.5) is 10.1 Å². The summed E-state index contributed by atoms with van der Waals surface area (Å²) in [5.41, 5.74) is 6.49. The van der Waals surface area contributed by atoms with Crippen LogP contribution in [0.3, 0.4) is 0 Å². The van der Waals surface area contributed by atoms with Gasteiger partial charge >= 0.3 is 0 Å². The van der Waals surface area contributed by atoms with E-state index in [9.17, 15) is 4.39 Å². The highest BCUT2D eigenvalue weighted by molar-refractivity contribution is 14.1. The third-order valence-electron chi connectivity index (χ3n) is 4.29. The molecule has 20 heavy (non-hydrogen) atoms. The molecular weight excluding hydrogens is 368 g/mol. The molecule has 112 valence electrons. The highest BCUT2D eigenvalue weighted by atomic mass is 127. The fraction of sp³-hybridized carbons (Fsp3) is 0.625. The van der Waals surface area contributed by atoms with Crippen molar-refractivity contribution in [3.05, 3.63) is 21.5 Å². The summed E-state index contributed by atoms with van der Waals surface area (Å²) in [6, 6.07) is 3.07. The summed E-state index contributed by atoms with van der Waals surface area (Å²) in [5, 5.41) is 0. The van der Waals surface area contributed by atoms with Crippen molar-refractivity contribution in [2.75, 3.05) is 5.73 Å². The van der Waals surface area contributed by atoms with Gasteiger partial charge in [0.05, 0.1) is 9.26 Å². The summed E-state index contributed by atoms with van der Waals surface area (Å²) in [7, 11) is 0. The summed E-state index contributed by atoms with van der Waals surface area (Å²) in [5.74, 6) is 1.98. The van der Waals surface area contributed by atoms with Gasteiger partial charge < -0.3 is 10.5 Å². The molecule has 3 atom stereocenters. The predicted octanol–water partition coefficient (Wildman–Crippen LogP) is 4.85. The number of rotatable bonds is 3. The lowest BCUT2D eigenvalue weighted by Gasteiger charge is -2.37. The second kappa shape index (κ2) is 6.50. The largest absolute Gasteiger partial charge is 0.488 e. The lowest BCUT2D eigenvalue weighted by Crippen LogP contribution is -2.36. The van der Waals surface area contributed by atoms with E-state index >= 15 is 0 Å². The van der Waals surface area contributed by atoms with Gasteiger partial charge in [0.15, 0.2) is 0 Å². The molecule has 3 unspecified atom stereocenters. The third-order valence-corrected chi connectivity index (χ3v) is 5.12. The topological polar surface area (TPSA) is 35.2 Å². The van der Waals surface area contributed by atoms with Gasteiger partial charge in [0.1, 0.15) is 17.7 Å². The minimum Gasteiger partial charge on any atom is -0.488 e. The minimum absolute atomic E-state index is 0.139. The fourth-order valence-electron chi connectivity index (χ4n) is 3.06. The first-order valence-electron chi connectivity index (χ1n) is 7.29. The normalized spacial score (nSPS) is 26.8. The molecule has 4 heteroatoms. The van der Waals surface area contributed by atoms with Gasteiger partial charge in [-0.15, -0.1) is 0 Å². The summed E-state index contributed by atoms with van der Waals surface area (Å²) >= 11 is 1.94. The maximum Gasteiger partial charge on any atom is 0.145 e. The Morgan fingerprint density at radius 2 is 2.05 bits per heavy atom. The zero-order valence-electron chi connectivity index (χ0n) is 12.3. The van der Waals surface area contributed by atoms with Crippen molar-refractivity contribution in [1.82, 2.24) is 0 Å². The van der Waals surface area contributed by atoms with Crippen molar-refractivity contribution < 1.29 is 9.13 Å². The van der Waals surface area contributed by atoms with Gasteiger partial charge in [0.25, 0.3) is 0 Å². The molecule has 1 aromatic rings. The van der Waals surface area contributed by atoms with Gasteiger partial charge in [-0.2, -0.15) is 0 Å². The molecule has 1 fully saturated rings. The summed E-state index contributed by atoms with van der Waals surface area (Å²) in [4.78, 5) is 0. The molecule has 1 aliphatic rings. The van der Waals surface area contributed by atoms with Crippen LogP contribution < -0.4 is 10.5 Å². The first-order valence-corrected chi connectivity index (χ1v) is 8.37. The molecule has 2 rings (SSSR count). The Morgan fingerprint density at radius 3 is 2.70 bits per heavy atom. The molecule has 0 aliphatic heterocycles. The molecule has 0 amide bonds. The number of hydrogen-bond donors (Lipinski definition) is 1. The van der Waals surface area contributed by atoms with Crippen LogP contribution >= 0.6 is 22.6 Å². The average molecular weight is 391 g/mol. The minimum atomic E-state index is -0.264. The van der Waals surface area contributed by atoms with Crippen molar-refractivity contribution in [1.29, 1.82) is 0 Å². The smallest absolute Gasteiger partial charge is 0.145 e. The Morgan fingerprint density at radius 1 is 1.35 bits per heavy atom. The van der Waals surface area contributed by atoms with Gasteiger partial charge in [-0.3, -0.25) is 0 Å². The number of anilines is 1. The Bertz CT molecular complexity index is 478. The Labute approximate surface area is 134 Å². The van der Waals surface area contributed by atoms with E-state index in [1.54, 1.807) is 6.07 Å². The SMILES string of the molecule is CC1CCC(C(C)C)C(Oc2cc(F)c(I)cc2N)C1. The maximum absolute atomic E-state index is 13.7. The molecule has 2 N–H and O–H groups in total. The van der Waals surface area contributed by atoms with E-state index in [-0.39, 0.29) is 11.9 Å². The van der Waals surface area contributed by atoms with E-state index in [4.69, 9.17) is 10.5 Å². The Balaban J connectivity index is 2.20. The van der Waals surface area contributed by atoms with Crippen LogP contribution in [0.1, 0.15) is 40.0 Å². The first kappa shape index (κ1) is 15.9. The predicted molar refractivity (Wildman–Crippen MR) is 89.3 cm³/mol. The summed E-state index contributed by atoms with van der Waals surface area (Å²) < 4.78 is 20.3. The third kappa shape index (κ3) is 3.57. The van der Waals surface area contributed by atoms with Crippen LogP contribution in [0.15, 0.2) is 12.1 Å². The number of hydrogen-bond acceptors (Lipinski definition) is 2. The number of nitrogen functional groups attached to an aromatic ring is 1. The van der Waals surface area contributed by atoms with E-state index in [2.05, 4.69) is 20.8 Å². The van der Waals surface area contributed by atoms with Crippen LogP contribution in [-0.2, 0) is 0 Å². The molecule has 1 aromatic carbocycles. The highest BCUT2D eigenvalue weighted by Gasteiger charge is 2.32. The van der Waals surface area contributed by atoms with Crippen molar-refractivity contribution in [3.63, 3.8) is 0 Å². The van der Waals surface area contributed by atoms with Crippen LogP contribution in [0.25, 0.3) is 0 Å². The van der Waals surface area contributed by atoms with Crippen LogP contribution in [0, 0.1) is 27.1 Å². The van der Waals surface area contributed by atoms with Crippen molar-refractivity contribution in [2.24, 2.45) is 17.8 Å². The molecule has 1 saturated carbocycles. The van der Waals surface area contributed by atoms with Crippen LogP contribution in [0.2, 0.25) is 0 Å². The molecule has 0 spiro atoms. The second-order valence-corrected chi connectivity index (χ2v) is 7.45. The van der Waals surface area contributed by atoms with E-state index in [0.717, 1.165) is 6.42 Å². The zero-order valence-corrected chi connectivity index (χ0v) is 14.5. The van der Waals surface area contributed by atoms with E-state index in [1.165, 1.54) is 18.9 Å². The van der Waals surface area contributed by atoms with Crippen molar-refractivity contribution in [3.8, 4) is 5.75 Å². The highest BCUT2D eigenvalue weighted by Crippen LogP contribution is 2.37. The second-order valence-electron chi connectivity index (χ2n) is 6.29. The molecule has 0 saturated heterocycles. The van der Waals surface area contributed by atoms with Crippen LogP contribution in [0.5, 0.6) is 5.75 Å². The number of halogens is 2. The summed E-state index contributed by atoms with van der Waals surface area (Å²) in [6.07, 6.45) is 3.59. The fourth-order valence-corrected chi connectivity index (χ4v) is 3.55. The molecule has 2 nitrogen and oxygen atoms in total. The van der Waals surface area contributed by atoms with Gasteiger partial charge in [-0.05, 0) is 59.3 Å². The Hall–Kier alpha value is -0.520. The molecule has 0 bridgehead atoms. The zero-order chi connectivity index (χ0) is 14.9. The average Bonchev–Trinajstić information content (AvgIpc) is 2.35. The molecule has 0 heterocycles. The van der Waals surface area contributed by atoms with Crippen LogP contribution in [-0.4, -0.2) is 6.10 Å². The standard InChI is InChI=1S/C16H23FINO/c1-9(2)11-5-4-10(3)6-15(11)20-16-7-12(17)13(18)8-14(16)19/h7-11,15H,4-6,19H2,1-3H3.